The topological polar surface area (TPSA) is 119 Å². The monoisotopic (exact) mass is 466 g/mol. The van der Waals surface area contributed by atoms with Crippen LogP contribution in [0.5, 0.6) is 0 Å². The van der Waals surface area contributed by atoms with Crippen LogP contribution in [0.25, 0.3) is 0 Å². The van der Waals surface area contributed by atoms with Crippen molar-refractivity contribution in [1.29, 1.82) is 5.26 Å². The third-order valence-corrected chi connectivity index (χ3v) is 7.55. The van der Waals surface area contributed by atoms with Crippen molar-refractivity contribution in [3.8, 4) is 6.07 Å². The van der Waals surface area contributed by atoms with Gasteiger partial charge in [-0.25, -0.2) is 13.4 Å². The average molecular weight is 467 g/mol. The van der Waals surface area contributed by atoms with Gasteiger partial charge >= 0.3 is 0 Å². The average Bonchev–Trinajstić information content (AvgIpc) is 3.11. The van der Waals surface area contributed by atoms with E-state index in [4.69, 9.17) is 5.26 Å². The van der Waals surface area contributed by atoms with E-state index in [1.54, 1.807) is 41.4 Å². The molecule has 1 saturated heterocycles. The highest BCUT2D eigenvalue weighted by atomic mass is 32.2. The Morgan fingerprint density at radius 1 is 1.24 bits per heavy atom. The van der Waals surface area contributed by atoms with Gasteiger partial charge in [-0.2, -0.15) is 5.26 Å². The lowest BCUT2D eigenvalue weighted by Crippen LogP contribution is -2.52. The zero-order valence-electron chi connectivity index (χ0n) is 18.6. The fourth-order valence-electron chi connectivity index (χ4n) is 4.02. The van der Waals surface area contributed by atoms with E-state index >= 15 is 0 Å². The molecule has 33 heavy (non-hydrogen) atoms. The van der Waals surface area contributed by atoms with Crippen molar-refractivity contribution >= 4 is 27.6 Å². The summed E-state index contributed by atoms with van der Waals surface area (Å²) >= 11 is 0. The maximum Gasteiger partial charge on any atom is 0.263 e. The van der Waals surface area contributed by atoms with Gasteiger partial charge in [0.25, 0.3) is 10.0 Å². The first-order valence-electron chi connectivity index (χ1n) is 10.9. The van der Waals surface area contributed by atoms with Gasteiger partial charge in [0.2, 0.25) is 5.91 Å². The Kier molecular flexibility index (Phi) is 6.33. The van der Waals surface area contributed by atoms with Gasteiger partial charge in [0.15, 0.2) is 0 Å². The van der Waals surface area contributed by atoms with E-state index < -0.39 is 16.1 Å². The van der Waals surface area contributed by atoms with Crippen molar-refractivity contribution in [2.24, 2.45) is 10.9 Å². The number of piperazine rings is 1. The Hall–Kier alpha value is -3.45. The molecule has 0 aliphatic carbocycles. The minimum atomic E-state index is -3.67. The minimum absolute atomic E-state index is 0.0609. The number of anilines is 1. The Labute approximate surface area is 193 Å². The van der Waals surface area contributed by atoms with Crippen LogP contribution >= 0.6 is 0 Å². The summed E-state index contributed by atoms with van der Waals surface area (Å²) in [5.41, 5.74) is 1.04. The van der Waals surface area contributed by atoms with Crippen molar-refractivity contribution in [3.63, 3.8) is 0 Å². The van der Waals surface area contributed by atoms with Crippen LogP contribution in [0.4, 0.5) is 5.82 Å². The number of aliphatic imine (C=N–C) groups is 1. The summed E-state index contributed by atoms with van der Waals surface area (Å²) in [5.74, 6) is 0.769. The van der Waals surface area contributed by atoms with Gasteiger partial charge in [-0.3, -0.25) is 14.5 Å². The molecule has 1 fully saturated rings. The molecule has 2 aromatic rings. The number of benzene rings is 1. The first kappa shape index (κ1) is 22.7. The maximum atomic E-state index is 13.5. The molecule has 1 N–H and O–H groups in total. The van der Waals surface area contributed by atoms with E-state index in [0.717, 1.165) is 12.2 Å². The van der Waals surface area contributed by atoms with Gasteiger partial charge in [0, 0.05) is 37.9 Å². The molecule has 1 aromatic carbocycles. The van der Waals surface area contributed by atoms with Crippen LogP contribution in [0.3, 0.4) is 0 Å². The lowest BCUT2D eigenvalue weighted by Gasteiger charge is -2.37. The van der Waals surface area contributed by atoms with E-state index in [1.165, 1.54) is 6.07 Å². The van der Waals surface area contributed by atoms with Crippen molar-refractivity contribution < 1.29 is 13.2 Å². The molecule has 0 saturated carbocycles. The quantitative estimate of drug-likeness (QED) is 0.717. The molecule has 3 heterocycles. The second kappa shape index (κ2) is 9.19. The molecule has 0 bridgehead atoms. The smallest absolute Gasteiger partial charge is 0.263 e. The Morgan fingerprint density at radius 3 is 2.67 bits per heavy atom. The number of pyridine rings is 1. The summed E-state index contributed by atoms with van der Waals surface area (Å²) in [7, 11) is -3.67. The Balaban J connectivity index is 1.53. The Morgan fingerprint density at radius 2 is 1.97 bits per heavy atom. The van der Waals surface area contributed by atoms with Crippen LogP contribution in [-0.4, -0.2) is 62.3 Å². The number of hydrogen-bond donors (Lipinski definition) is 1. The number of carbonyl (C=O) groups excluding carboxylic acids is 1. The SMILES string of the molecule is CC[C@H](C)[C@H](N=C1NS(=O)(=O)c2ccccc21)C(=O)N1CCN(c2cc(C#N)ccn2)CC1. The van der Waals surface area contributed by atoms with E-state index in [2.05, 4.69) is 25.7 Å². The molecular weight excluding hydrogens is 440 g/mol. The normalized spacial score (nSPS) is 20.0. The van der Waals surface area contributed by atoms with Crippen LogP contribution in [0.2, 0.25) is 0 Å². The first-order valence-corrected chi connectivity index (χ1v) is 12.4. The zero-order chi connectivity index (χ0) is 23.6. The molecule has 9 nitrogen and oxygen atoms in total. The maximum absolute atomic E-state index is 13.5. The molecule has 2 aliphatic rings. The number of hydrogen-bond acceptors (Lipinski definition) is 7. The number of fused-ring (bicyclic) bond motifs is 1. The first-order chi connectivity index (χ1) is 15.8. The molecule has 0 radical (unpaired) electrons. The van der Waals surface area contributed by atoms with Gasteiger partial charge in [-0.05, 0) is 30.2 Å². The largest absolute Gasteiger partial charge is 0.353 e. The zero-order valence-corrected chi connectivity index (χ0v) is 19.4. The number of amides is 1. The molecular formula is C23H26N6O3S. The lowest BCUT2D eigenvalue weighted by molar-refractivity contribution is -0.133. The van der Waals surface area contributed by atoms with Crippen LogP contribution in [0.15, 0.2) is 52.5 Å². The highest BCUT2D eigenvalue weighted by Crippen LogP contribution is 2.25. The molecule has 2 aliphatic heterocycles. The van der Waals surface area contributed by atoms with E-state index in [-0.39, 0.29) is 22.6 Å². The molecule has 1 aromatic heterocycles. The number of nitrogens with one attached hydrogen (secondary N) is 1. The van der Waals surface area contributed by atoms with Crippen molar-refractivity contribution in [2.45, 2.75) is 31.2 Å². The number of nitrogens with zero attached hydrogens (tertiary/aromatic N) is 5. The van der Waals surface area contributed by atoms with Crippen molar-refractivity contribution in [1.82, 2.24) is 14.6 Å². The summed E-state index contributed by atoms with van der Waals surface area (Å²) in [6.07, 6.45) is 2.34. The highest BCUT2D eigenvalue weighted by molar-refractivity contribution is 7.90. The molecule has 172 valence electrons. The summed E-state index contributed by atoms with van der Waals surface area (Å²) in [6.45, 7) is 6.12. The third-order valence-electron chi connectivity index (χ3n) is 6.16. The number of aromatic nitrogens is 1. The number of sulfonamides is 1. The lowest BCUT2D eigenvalue weighted by atomic mass is 9.97. The predicted molar refractivity (Wildman–Crippen MR) is 124 cm³/mol. The minimum Gasteiger partial charge on any atom is -0.353 e. The molecule has 10 heteroatoms. The highest BCUT2D eigenvalue weighted by Gasteiger charge is 2.35. The van der Waals surface area contributed by atoms with Gasteiger partial charge < -0.3 is 9.80 Å². The summed E-state index contributed by atoms with van der Waals surface area (Å²) in [6, 6.07) is 11.5. The Bertz CT molecular complexity index is 1230. The van der Waals surface area contributed by atoms with Gasteiger partial charge in [-0.15, -0.1) is 0 Å². The van der Waals surface area contributed by atoms with Gasteiger partial charge in [0.05, 0.1) is 16.5 Å². The van der Waals surface area contributed by atoms with Crippen LogP contribution in [0.1, 0.15) is 31.4 Å². The fourth-order valence-corrected chi connectivity index (χ4v) is 5.26. The molecule has 1 amide bonds. The number of amidine groups is 1. The molecule has 2 atom stereocenters. The van der Waals surface area contributed by atoms with Gasteiger partial charge in [-0.1, -0.05) is 32.4 Å². The fraction of sp³-hybridized carbons (Fsp3) is 0.391. The second-order valence-electron chi connectivity index (χ2n) is 8.24. The number of carbonyl (C=O) groups is 1. The van der Waals surface area contributed by atoms with E-state index in [9.17, 15) is 13.2 Å². The van der Waals surface area contributed by atoms with Crippen LogP contribution < -0.4 is 9.62 Å². The standard InChI is InChI=1S/C23H26N6O3S/c1-3-16(2)21(26-22-18-6-4-5-7-19(18)33(31,32)27-22)23(30)29-12-10-28(11-13-29)20-14-17(15-24)8-9-25-20/h4-9,14,16,21H,3,10-13H2,1-2H3,(H,26,27)/t16-,21-/m0/s1. The van der Waals surface area contributed by atoms with Crippen molar-refractivity contribution in [3.05, 3.63) is 53.7 Å². The van der Waals surface area contributed by atoms with Crippen LogP contribution in [0, 0.1) is 17.2 Å². The third kappa shape index (κ3) is 4.54. The van der Waals surface area contributed by atoms with Crippen molar-refractivity contribution in [2.75, 3.05) is 31.1 Å². The number of nitriles is 1. The van der Waals surface area contributed by atoms with E-state index in [1.807, 2.05) is 13.8 Å². The second-order valence-corrected chi connectivity index (χ2v) is 9.89. The summed E-state index contributed by atoms with van der Waals surface area (Å²) in [4.78, 5) is 26.5. The van der Waals surface area contributed by atoms with E-state index in [0.29, 0.717) is 37.3 Å². The summed E-state index contributed by atoms with van der Waals surface area (Å²) in [5, 5.41) is 9.12. The number of rotatable bonds is 5. The predicted octanol–water partition coefficient (Wildman–Crippen LogP) is 1.76. The molecule has 0 unspecified atom stereocenters. The molecule has 0 spiro atoms. The van der Waals surface area contributed by atoms with Crippen LogP contribution in [-0.2, 0) is 14.8 Å². The molecule has 4 rings (SSSR count). The van der Waals surface area contributed by atoms with Gasteiger partial charge in [0.1, 0.15) is 17.7 Å². The summed E-state index contributed by atoms with van der Waals surface area (Å²) < 4.78 is 27.4.